The van der Waals surface area contributed by atoms with E-state index in [0.717, 1.165) is 12.0 Å². The number of carbonyl (C=O) groups is 2. The number of hydrogen-bond donors (Lipinski definition) is 2. The minimum Gasteiger partial charge on any atom is -0.490 e. The van der Waals surface area contributed by atoms with Crippen molar-refractivity contribution in [3.05, 3.63) is 59.2 Å². The molecule has 0 radical (unpaired) electrons. The van der Waals surface area contributed by atoms with Gasteiger partial charge >= 0.3 is 0 Å². The van der Waals surface area contributed by atoms with Crippen LogP contribution in [0.15, 0.2) is 42.5 Å². The lowest BCUT2D eigenvalue weighted by Crippen LogP contribution is -2.41. The van der Waals surface area contributed by atoms with Gasteiger partial charge in [0.05, 0.1) is 13.2 Å². The lowest BCUT2D eigenvalue weighted by atomic mass is 10.1. The fraction of sp³-hybridized carbons (Fsp3) is 0.300. The summed E-state index contributed by atoms with van der Waals surface area (Å²) in [6.45, 7) is 6.83. The Morgan fingerprint density at radius 3 is 2.08 bits per heavy atom. The molecule has 2 aromatic carbocycles. The SMILES string of the molecule is CCCOc1ccc(C(=O)NNC(=O)c2ccc(C)cc2)cc1OCC. The first-order valence-corrected chi connectivity index (χ1v) is 8.62. The van der Waals surface area contributed by atoms with Gasteiger partial charge in [-0.1, -0.05) is 24.6 Å². The molecule has 2 aromatic rings. The number of hydrogen-bond acceptors (Lipinski definition) is 4. The van der Waals surface area contributed by atoms with Crippen LogP contribution >= 0.6 is 0 Å². The Labute approximate surface area is 153 Å². The standard InChI is InChI=1S/C20H24N2O4/c1-4-12-26-17-11-10-16(13-18(17)25-5-2)20(24)22-21-19(23)15-8-6-14(3)7-9-15/h6-11,13H,4-5,12H2,1-3H3,(H,21,23)(H,22,24). The first-order valence-electron chi connectivity index (χ1n) is 8.62. The molecule has 2 amide bonds. The van der Waals surface area contributed by atoms with Crippen molar-refractivity contribution < 1.29 is 19.1 Å². The average molecular weight is 356 g/mol. The molecular weight excluding hydrogens is 332 g/mol. The summed E-state index contributed by atoms with van der Waals surface area (Å²) in [5.41, 5.74) is 6.70. The highest BCUT2D eigenvalue weighted by Crippen LogP contribution is 2.28. The zero-order valence-corrected chi connectivity index (χ0v) is 15.3. The molecule has 0 aliphatic rings. The molecule has 6 nitrogen and oxygen atoms in total. The Balaban J connectivity index is 2.02. The van der Waals surface area contributed by atoms with Crippen molar-refractivity contribution in [1.82, 2.24) is 10.9 Å². The zero-order chi connectivity index (χ0) is 18.9. The van der Waals surface area contributed by atoms with E-state index in [4.69, 9.17) is 9.47 Å². The van der Waals surface area contributed by atoms with Crippen molar-refractivity contribution in [2.75, 3.05) is 13.2 Å². The van der Waals surface area contributed by atoms with Gasteiger partial charge in [0, 0.05) is 11.1 Å². The van der Waals surface area contributed by atoms with E-state index >= 15 is 0 Å². The Hall–Kier alpha value is -3.02. The van der Waals surface area contributed by atoms with Crippen molar-refractivity contribution in [3.63, 3.8) is 0 Å². The van der Waals surface area contributed by atoms with Crippen molar-refractivity contribution in [2.45, 2.75) is 27.2 Å². The first-order chi connectivity index (χ1) is 12.5. The highest BCUT2D eigenvalue weighted by Gasteiger charge is 2.13. The summed E-state index contributed by atoms with van der Waals surface area (Å²) in [5, 5.41) is 0. The van der Waals surface area contributed by atoms with Gasteiger partial charge in [0.1, 0.15) is 0 Å². The highest BCUT2D eigenvalue weighted by molar-refractivity contribution is 5.99. The Morgan fingerprint density at radius 2 is 1.46 bits per heavy atom. The van der Waals surface area contributed by atoms with Crippen LogP contribution < -0.4 is 20.3 Å². The van der Waals surface area contributed by atoms with Crippen molar-refractivity contribution >= 4 is 11.8 Å². The van der Waals surface area contributed by atoms with Crippen molar-refractivity contribution in [2.24, 2.45) is 0 Å². The first kappa shape index (κ1) is 19.3. The molecule has 0 aliphatic carbocycles. The summed E-state index contributed by atoms with van der Waals surface area (Å²) in [5.74, 6) is 0.270. The fourth-order valence-corrected chi connectivity index (χ4v) is 2.21. The Morgan fingerprint density at radius 1 is 0.846 bits per heavy atom. The largest absolute Gasteiger partial charge is 0.490 e. The van der Waals surface area contributed by atoms with Crippen LogP contribution in [0.2, 0.25) is 0 Å². The number of benzene rings is 2. The monoisotopic (exact) mass is 356 g/mol. The van der Waals surface area contributed by atoms with Gasteiger partial charge < -0.3 is 9.47 Å². The lowest BCUT2D eigenvalue weighted by molar-refractivity contribution is 0.0846. The van der Waals surface area contributed by atoms with Gasteiger partial charge in [-0.3, -0.25) is 20.4 Å². The predicted molar refractivity (Wildman–Crippen MR) is 99.5 cm³/mol. The van der Waals surface area contributed by atoms with Crippen molar-refractivity contribution in [1.29, 1.82) is 0 Å². The smallest absolute Gasteiger partial charge is 0.269 e. The number of aryl methyl sites for hydroxylation is 1. The summed E-state index contributed by atoms with van der Waals surface area (Å²) < 4.78 is 11.2. The third-order valence-corrected chi connectivity index (χ3v) is 3.57. The minimum atomic E-state index is -0.437. The van der Waals surface area contributed by atoms with Gasteiger partial charge in [0.2, 0.25) is 0 Å². The number of carbonyl (C=O) groups excluding carboxylic acids is 2. The van der Waals surface area contributed by atoms with Gasteiger partial charge in [-0.05, 0) is 50.6 Å². The topological polar surface area (TPSA) is 76.7 Å². The molecule has 138 valence electrons. The van der Waals surface area contributed by atoms with E-state index in [2.05, 4.69) is 10.9 Å². The van der Waals surface area contributed by atoms with Gasteiger partial charge in [-0.2, -0.15) is 0 Å². The molecule has 2 N–H and O–H groups in total. The molecule has 0 saturated heterocycles. The van der Waals surface area contributed by atoms with Gasteiger partial charge in [0.15, 0.2) is 11.5 Å². The number of ether oxygens (including phenoxy) is 2. The summed E-state index contributed by atoms with van der Waals surface area (Å²) in [6, 6.07) is 12.0. The number of hydrazine groups is 1. The molecule has 0 saturated carbocycles. The summed E-state index contributed by atoms with van der Waals surface area (Å²) in [7, 11) is 0. The summed E-state index contributed by atoms with van der Waals surface area (Å²) in [4.78, 5) is 24.4. The zero-order valence-electron chi connectivity index (χ0n) is 15.3. The normalized spacial score (nSPS) is 10.1. The van der Waals surface area contributed by atoms with Crippen LogP contribution in [0.5, 0.6) is 11.5 Å². The number of rotatable bonds is 7. The quantitative estimate of drug-likeness (QED) is 0.747. The van der Waals surface area contributed by atoms with Crippen LogP contribution in [0.25, 0.3) is 0 Å². The van der Waals surface area contributed by atoms with Crippen molar-refractivity contribution in [3.8, 4) is 11.5 Å². The summed E-state index contributed by atoms with van der Waals surface area (Å²) >= 11 is 0. The van der Waals surface area contributed by atoms with Crippen LogP contribution in [-0.2, 0) is 0 Å². The molecule has 0 bridgehead atoms. The molecule has 0 spiro atoms. The molecule has 6 heteroatoms. The third kappa shape index (κ3) is 5.24. The third-order valence-electron chi connectivity index (χ3n) is 3.57. The van der Waals surface area contributed by atoms with E-state index in [9.17, 15) is 9.59 Å². The maximum absolute atomic E-state index is 12.3. The minimum absolute atomic E-state index is 0.363. The lowest BCUT2D eigenvalue weighted by Gasteiger charge is -2.13. The maximum Gasteiger partial charge on any atom is 0.269 e. The second-order valence-corrected chi connectivity index (χ2v) is 5.72. The molecular formula is C20H24N2O4. The highest BCUT2D eigenvalue weighted by atomic mass is 16.5. The molecule has 26 heavy (non-hydrogen) atoms. The van der Waals surface area contributed by atoms with E-state index in [1.807, 2.05) is 32.9 Å². The van der Waals surface area contributed by atoms with Gasteiger partial charge in [-0.15, -0.1) is 0 Å². The Bertz CT molecular complexity index is 757. The Kier molecular flexibility index (Phi) is 7.02. The van der Waals surface area contributed by atoms with E-state index in [0.29, 0.717) is 35.8 Å². The molecule has 0 fully saturated rings. The average Bonchev–Trinajstić information content (AvgIpc) is 2.65. The second-order valence-electron chi connectivity index (χ2n) is 5.72. The predicted octanol–water partition coefficient (Wildman–Crippen LogP) is 3.26. The fourth-order valence-electron chi connectivity index (χ4n) is 2.21. The van der Waals surface area contributed by atoms with Gasteiger partial charge in [-0.25, -0.2) is 0 Å². The number of amides is 2. The molecule has 0 aromatic heterocycles. The second kappa shape index (κ2) is 9.46. The van der Waals surface area contributed by atoms with Crippen LogP contribution in [0.4, 0.5) is 0 Å². The molecule has 0 unspecified atom stereocenters. The van der Waals surface area contributed by atoms with E-state index < -0.39 is 5.91 Å². The molecule has 0 heterocycles. The molecule has 0 atom stereocenters. The molecule has 0 aliphatic heterocycles. The molecule has 2 rings (SSSR count). The van der Waals surface area contributed by atoms with Crippen LogP contribution in [0.3, 0.4) is 0 Å². The summed E-state index contributed by atoms with van der Waals surface area (Å²) in [6.07, 6.45) is 0.874. The van der Waals surface area contributed by atoms with E-state index in [1.54, 1.807) is 30.3 Å². The van der Waals surface area contributed by atoms with Crippen LogP contribution in [0, 0.1) is 6.92 Å². The van der Waals surface area contributed by atoms with Gasteiger partial charge in [0.25, 0.3) is 11.8 Å². The van der Waals surface area contributed by atoms with Crippen LogP contribution in [-0.4, -0.2) is 25.0 Å². The van der Waals surface area contributed by atoms with E-state index in [1.165, 1.54) is 0 Å². The maximum atomic E-state index is 12.3. The number of nitrogens with one attached hydrogen (secondary N) is 2. The van der Waals surface area contributed by atoms with Crippen LogP contribution in [0.1, 0.15) is 46.5 Å². The van der Waals surface area contributed by atoms with E-state index in [-0.39, 0.29) is 5.91 Å².